The van der Waals surface area contributed by atoms with Gasteiger partial charge in [-0.25, -0.2) is 9.97 Å². The van der Waals surface area contributed by atoms with Crippen molar-refractivity contribution < 1.29 is 9.18 Å². The number of amides is 1. The van der Waals surface area contributed by atoms with E-state index >= 15 is 0 Å². The predicted molar refractivity (Wildman–Crippen MR) is 126 cm³/mol. The van der Waals surface area contributed by atoms with Crippen molar-refractivity contribution in [1.29, 1.82) is 0 Å². The molecule has 4 heterocycles. The maximum atomic E-state index is 13.3. The summed E-state index contributed by atoms with van der Waals surface area (Å²) in [6.45, 7) is 2.59. The van der Waals surface area contributed by atoms with Crippen molar-refractivity contribution in [2.75, 3.05) is 22.1 Å². The molecule has 1 atom stereocenters. The number of rotatable bonds is 6. The summed E-state index contributed by atoms with van der Waals surface area (Å²) < 4.78 is 13.2. The minimum Gasteiger partial charge on any atom is -0.326 e. The first kappa shape index (κ1) is 21.0. The number of aromatic amines is 1. The predicted octanol–water partition coefficient (Wildman–Crippen LogP) is 3.84. The molecule has 0 spiro atoms. The number of fused-ring (bicyclic) bond motifs is 1. The smallest absolute Gasteiger partial charge is 0.250 e. The Morgan fingerprint density at radius 2 is 2.12 bits per heavy atom. The molecule has 3 aliphatic rings. The van der Waals surface area contributed by atoms with Crippen LogP contribution < -0.4 is 15.5 Å². The first-order valence-corrected chi connectivity index (χ1v) is 11.9. The summed E-state index contributed by atoms with van der Waals surface area (Å²) in [6, 6.07) is 4.80. The largest absolute Gasteiger partial charge is 0.326 e. The molecule has 176 valence electrons. The quantitative estimate of drug-likeness (QED) is 0.477. The highest BCUT2D eigenvalue weighted by molar-refractivity contribution is 6.00. The maximum Gasteiger partial charge on any atom is 0.250 e. The molecule has 1 amide bonds. The van der Waals surface area contributed by atoms with E-state index in [0.717, 1.165) is 54.3 Å². The van der Waals surface area contributed by atoms with E-state index in [2.05, 4.69) is 31.9 Å². The number of H-pyrrole nitrogens is 1. The van der Waals surface area contributed by atoms with E-state index in [9.17, 15) is 9.18 Å². The van der Waals surface area contributed by atoms with Gasteiger partial charge in [-0.2, -0.15) is 14.5 Å². The zero-order chi connectivity index (χ0) is 23.3. The molecular formula is C24H27FN8O. The number of carbonyl (C=O) groups is 1. The zero-order valence-corrected chi connectivity index (χ0v) is 19.1. The molecule has 1 aliphatic heterocycles. The number of anilines is 4. The van der Waals surface area contributed by atoms with Gasteiger partial charge in [0.15, 0.2) is 5.82 Å². The average Bonchev–Trinajstić information content (AvgIpc) is 3.20. The third-order valence-corrected chi connectivity index (χ3v) is 7.14. The number of hydrogen-bond donors (Lipinski definition) is 3. The topological polar surface area (TPSA) is 112 Å². The van der Waals surface area contributed by atoms with Gasteiger partial charge in [0.2, 0.25) is 17.8 Å². The molecule has 9 nitrogen and oxygen atoms in total. The highest BCUT2D eigenvalue weighted by Crippen LogP contribution is 2.40. The van der Waals surface area contributed by atoms with Crippen molar-refractivity contribution in [3.05, 3.63) is 47.3 Å². The van der Waals surface area contributed by atoms with Crippen LogP contribution in [0.1, 0.15) is 61.9 Å². The molecule has 10 heteroatoms. The van der Waals surface area contributed by atoms with Gasteiger partial charge in [-0.1, -0.05) is 0 Å². The highest BCUT2D eigenvalue weighted by atomic mass is 19.1. The van der Waals surface area contributed by atoms with Crippen LogP contribution in [-0.2, 0) is 17.6 Å². The summed E-state index contributed by atoms with van der Waals surface area (Å²) >= 11 is 0. The normalized spacial score (nSPS) is 21.5. The van der Waals surface area contributed by atoms with Gasteiger partial charge in [0.1, 0.15) is 11.4 Å². The lowest BCUT2D eigenvalue weighted by Crippen LogP contribution is -2.51. The SMILES string of the molecule is C[C@]1(C(=O)Nc2ccc(F)nc2)CCCN1c1nc2c(c(Nc3cc(C4CC4)[nH]n3)n1)CCC2. The summed E-state index contributed by atoms with van der Waals surface area (Å²) in [5.74, 6) is 1.90. The van der Waals surface area contributed by atoms with Gasteiger partial charge in [-0.05, 0) is 64.0 Å². The van der Waals surface area contributed by atoms with Crippen LogP contribution in [0.25, 0.3) is 0 Å². The molecule has 6 rings (SSSR count). The number of nitrogens with zero attached hydrogens (tertiary/aromatic N) is 5. The van der Waals surface area contributed by atoms with Crippen molar-refractivity contribution in [2.45, 2.75) is 63.3 Å². The number of pyridine rings is 1. The average molecular weight is 463 g/mol. The lowest BCUT2D eigenvalue weighted by atomic mass is 9.97. The van der Waals surface area contributed by atoms with Crippen LogP contribution in [-0.4, -0.2) is 43.1 Å². The lowest BCUT2D eigenvalue weighted by Gasteiger charge is -2.34. The van der Waals surface area contributed by atoms with E-state index in [1.165, 1.54) is 31.2 Å². The molecule has 0 unspecified atom stereocenters. The van der Waals surface area contributed by atoms with Gasteiger partial charge in [0.25, 0.3) is 0 Å². The van der Waals surface area contributed by atoms with Crippen LogP contribution in [0.3, 0.4) is 0 Å². The molecule has 1 saturated carbocycles. The van der Waals surface area contributed by atoms with E-state index in [1.807, 2.05) is 11.8 Å². The first-order chi connectivity index (χ1) is 16.5. The van der Waals surface area contributed by atoms with Crippen LogP contribution in [0.4, 0.5) is 27.7 Å². The molecular weight excluding hydrogens is 435 g/mol. The number of hydrogen-bond acceptors (Lipinski definition) is 7. The molecule has 0 aromatic carbocycles. The Morgan fingerprint density at radius 1 is 1.24 bits per heavy atom. The monoisotopic (exact) mass is 462 g/mol. The van der Waals surface area contributed by atoms with E-state index < -0.39 is 11.5 Å². The lowest BCUT2D eigenvalue weighted by molar-refractivity contribution is -0.120. The second-order valence-corrected chi connectivity index (χ2v) is 9.61. The fraction of sp³-hybridized carbons (Fsp3) is 0.458. The summed E-state index contributed by atoms with van der Waals surface area (Å²) in [4.78, 5) is 28.7. The van der Waals surface area contributed by atoms with Gasteiger partial charge in [-0.3, -0.25) is 9.89 Å². The third kappa shape index (κ3) is 3.76. The Kier molecular flexibility index (Phi) is 4.96. The van der Waals surface area contributed by atoms with Crippen LogP contribution in [0.15, 0.2) is 24.4 Å². The van der Waals surface area contributed by atoms with Gasteiger partial charge in [0.05, 0.1) is 17.6 Å². The van der Waals surface area contributed by atoms with Crippen LogP contribution in [0.2, 0.25) is 0 Å². The van der Waals surface area contributed by atoms with Gasteiger partial charge >= 0.3 is 0 Å². The van der Waals surface area contributed by atoms with Gasteiger partial charge in [0, 0.05) is 29.8 Å². The fourth-order valence-corrected chi connectivity index (χ4v) is 5.00. The Bertz CT molecular complexity index is 1240. The minimum atomic E-state index is -0.829. The summed E-state index contributed by atoms with van der Waals surface area (Å²) in [7, 11) is 0. The minimum absolute atomic E-state index is 0.182. The van der Waals surface area contributed by atoms with Crippen molar-refractivity contribution in [2.24, 2.45) is 0 Å². The molecule has 2 fully saturated rings. The standard InChI is InChI=1S/C24H27FN8O/c1-24(22(34)27-15-8-9-19(25)26-13-15)10-3-11-33(24)23-28-17-5-2-4-16(17)21(30-23)29-20-12-18(31-32-20)14-6-7-14/h8-9,12-14H,2-7,10-11H2,1H3,(H,27,34)(H2,28,29,30,31,32)/t24-/m1/s1. The van der Waals surface area contributed by atoms with Crippen molar-refractivity contribution in [1.82, 2.24) is 25.1 Å². The molecule has 3 N–H and O–H groups in total. The summed E-state index contributed by atoms with van der Waals surface area (Å²) in [6.07, 6.45) is 8.10. The van der Waals surface area contributed by atoms with E-state index in [1.54, 1.807) is 0 Å². The molecule has 0 radical (unpaired) electrons. The zero-order valence-electron chi connectivity index (χ0n) is 19.1. The van der Waals surface area contributed by atoms with Crippen LogP contribution in [0, 0.1) is 5.95 Å². The Morgan fingerprint density at radius 3 is 2.91 bits per heavy atom. The van der Waals surface area contributed by atoms with Crippen molar-refractivity contribution >= 4 is 29.2 Å². The number of carbonyl (C=O) groups excluding carboxylic acids is 1. The third-order valence-electron chi connectivity index (χ3n) is 7.14. The molecule has 0 bridgehead atoms. The molecule has 2 aliphatic carbocycles. The number of aromatic nitrogens is 5. The molecule has 3 aromatic heterocycles. The van der Waals surface area contributed by atoms with Crippen LogP contribution in [0.5, 0.6) is 0 Å². The Balaban J connectivity index is 1.29. The summed E-state index contributed by atoms with van der Waals surface area (Å²) in [5, 5.41) is 13.9. The second kappa shape index (κ2) is 8.03. The van der Waals surface area contributed by atoms with E-state index in [0.29, 0.717) is 30.5 Å². The molecule has 3 aromatic rings. The van der Waals surface area contributed by atoms with E-state index in [-0.39, 0.29) is 5.91 Å². The molecule has 34 heavy (non-hydrogen) atoms. The number of halogens is 1. The van der Waals surface area contributed by atoms with Gasteiger partial charge in [-0.15, -0.1) is 0 Å². The number of nitrogens with one attached hydrogen (secondary N) is 3. The second-order valence-electron chi connectivity index (χ2n) is 9.61. The Labute approximate surface area is 196 Å². The fourth-order valence-electron chi connectivity index (χ4n) is 5.00. The summed E-state index contributed by atoms with van der Waals surface area (Å²) in [5.41, 5.74) is 2.95. The maximum absolute atomic E-state index is 13.3. The Hall–Kier alpha value is -3.56. The van der Waals surface area contributed by atoms with Crippen molar-refractivity contribution in [3.63, 3.8) is 0 Å². The number of aryl methyl sites for hydroxylation is 1. The highest BCUT2D eigenvalue weighted by Gasteiger charge is 2.45. The van der Waals surface area contributed by atoms with E-state index in [4.69, 9.17) is 9.97 Å². The van der Waals surface area contributed by atoms with Gasteiger partial charge < -0.3 is 15.5 Å². The van der Waals surface area contributed by atoms with Crippen molar-refractivity contribution in [3.8, 4) is 0 Å². The van der Waals surface area contributed by atoms with Crippen LogP contribution >= 0.6 is 0 Å². The first-order valence-electron chi connectivity index (χ1n) is 11.9. The molecule has 1 saturated heterocycles.